The predicted octanol–water partition coefficient (Wildman–Crippen LogP) is 2.85. The Morgan fingerprint density at radius 1 is 1.42 bits per heavy atom. The number of thiazole rings is 1. The quantitative estimate of drug-likeness (QED) is 0.719. The van der Waals surface area contributed by atoms with Gasteiger partial charge in [-0.05, 0) is 27.2 Å². The molecule has 0 fully saturated rings. The maximum absolute atomic E-state index is 12.1. The van der Waals surface area contributed by atoms with Crippen LogP contribution in [-0.2, 0) is 0 Å². The minimum Gasteiger partial charge on any atom is -0.382 e. The first kappa shape index (κ1) is 15.8. The second-order valence-electron chi connectivity index (χ2n) is 5.05. The topological polar surface area (TPSA) is 80.0 Å². The van der Waals surface area contributed by atoms with Crippen LogP contribution in [0.3, 0.4) is 0 Å². The zero-order valence-electron chi connectivity index (χ0n) is 12.1. The number of hydrogen-bond acceptors (Lipinski definition) is 5. The summed E-state index contributed by atoms with van der Waals surface area (Å²) in [6, 6.07) is 0.431. The molecule has 1 heterocycles. The van der Waals surface area contributed by atoms with Crippen molar-refractivity contribution in [3.05, 3.63) is 4.88 Å². The summed E-state index contributed by atoms with van der Waals surface area (Å²) in [6.07, 6.45) is 3.23. The zero-order valence-corrected chi connectivity index (χ0v) is 12.9. The van der Waals surface area contributed by atoms with E-state index in [-0.39, 0.29) is 18.0 Å². The summed E-state index contributed by atoms with van der Waals surface area (Å²) in [5.41, 5.74) is 5.79. The van der Waals surface area contributed by atoms with Gasteiger partial charge in [-0.15, -0.1) is 0 Å². The molecule has 0 aliphatic carbocycles. The van der Waals surface area contributed by atoms with Gasteiger partial charge in [0.05, 0.1) is 0 Å². The fraction of sp³-hybridized carbons (Fsp3) is 0.692. The van der Waals surface area contributed by atoms with Gasteiger partial charge in [-0.2, -0.15) is 0 Å². The second kappa shape index (κ2) is 7.33. The molecule has 1 aromatic rings. The number of rotatable bonds is 7. The molecule has 19 heavy (non-hydrogen) atoms. The van der Waals surface area contributed by atoms with Crippen LogP contribution in [0.25, 0.3) is 0 Å². The number of amides is 1. The molecular weight excluding hydrogens is 260 g/mol. The van der Waals surface area contributed by atoms with Crippen LogP contribution in [0.5, 0.6) is 0 Å². The molecule has 5 nitrogen and oxygen atoms in total. The molecule has 6 heteroatoms. The normalized spacial score (nSPS) is 12.5. The third-order valence-corrected chi connectivity index (χ3v) is 3.64. The molecule has 0 saturated heterocycles. The summed E-state index contributed by atoms with van der Waals surface area (Å²) in [7, 11) is 0. The number of nitrogens with one attached hydrogen (secondary N) is 2. The molecule has 0 radical (unpaired) electrons. The molecule has 108 valence electrons. The molecule has 0 aliphatic rings. The predicted molar refractivity (Wildman–Crippen MR) is 81.7 cm³/mol. The second-order valence-corrected chi connectivity index (χ2v) is 6.05. The largest absolute Gasteiger partial charge is 0.382 e. The van der Waals surface area contributed by atoms with Crippen molar-refractivity contribution in [1.82, 2.24) is 10.3 Å². The summed E-state index contributed by atoms with van der Waals surface area (Å²) in [4.78, 5) is 16.7. The Morgan fingerprint density at radius 3 is 2.68 bits per heavy atom. The number of hydrogen-bond donors (Lipinski definition) is 3. The van der Waals surface area contributed by atoms with Crippen LogP contribution in [0.2, 0.25) is 0 Å². The lowest BCUT2D eigenvalue weighted by Crippen LogP contribution is -2.32. The van der Waals surface area contributed by atoms with Gasteiger partial charge in [0.2, 0.25) is 0 Å². The minimum absolute atomic E-state index is 0.129. The van der Waals surface area contributed by atoms with Crippen molar-refractivity contribution in [1.29, 1.82) is 0 Å². The number of nitrogens with zero attached hydrogens (tertiary/aromatic N) is 1. The third-order valence-electron chi connectivity index (χ3n) is 2.64. The molecule has 1 aromatic heterocycles. The molecule has 0 aliphatic heterocycles. The Hall–Kier alpha value is -1.30. The van der Waals surface area contributed by atoms with Gasteiger partial charge in [-0.25, -0.2) is 4.98 Å². The molecule has 0 bridgehead atoms. The summed E-state index contributed by atoms with van der Waals surface area (Å²) in [5.74, 6) is 0.170. The Kier molecular flexibility index (Phi) is 6.08. The minimum atomic E-state index is -0.129. The van der Waals surface area contributed by atoms with Crippen LogP contribution >= 0.6 is 11.3 Å². The number of anilines is 2. The van der Waals surface area contributed by atoms with Crippen LogP contribution in [0.15, 0.2) is 0 Å². The number of aromatic nitrogens is 1. The third kappa shape index (κ3) is 5.06. The van der Waals surface area contributed by atoms with Gasteiger partial charge in [0.25, 0.3) is 5.91 Å². The first-order valence-electron chi connectivity index (χ1n) is 6.77. The van der Waals surface area contributed by atoms with E-state index in [1.54, 1.807) is 0 Å². The number of unbranched alkanes of at least 4 members (excludes halogenated alkanes) is 1. The number of nitrogen functional groups attached to an aromatic ring is 1. The lowest BCUT2D eigenvalue weighted by molar-refractivity contribution is 0.0943. The molecular formula is C13H24N4OS. The molecule has 1 rings (SSSR count). The van der Waals surface area contributed by atoms with E-state index in [1.807, 2.05) is 20.8 Å². The molecule has 4 N–H and O–H groups in total. The van der Waals surface area contributed by atoms with Crippen molar-refractivity contribution in [3.8, 4) is 0 Å². The SMILES string of the molecule is CCCCC(C)NC(=O)c1sc(NC(C)C)nc1N. The van der Waals surface area contributed by atoms with Crippen molar-refractivity contribution in [3.63, 3.8) is 0 Å². The monoisotopic (exact) mass is 284 g/mol. The van der Waals surface area contributed by atoms with Gasteiger partial charge >= 0.3 is 0 Å². The average Bonchev–Trinajstić information content (AvgIpc) is 2.66. The Balaban J connectivity index is 2.63. The maximum Gasteiger partial charge on any atom is 0.265 e. The van der Waals surface area contributed by atoms with Crippen LogP contribution in [-0.4, -0.2) is 23.0 Å². The fourth-order valence-corrected chi connectivity index (χ4v) is 2.61. The number of carbonyl (C=O) groups excluding carboxylic acids is 1. The van der Waals surface area contributed by atoms with E-state index in [2.05, 4.69) is 22.5 Å². The summed E-state index contributed by atoms with van der Waals surface area (Å²) >= 11 is 1.30. The van der Waals surface area contributed by atoms with Gasteiger partial charge in [0.15, 0.2) is 5.13 Å². The van der Waals surface area contributed by atoms with E-state index in [1.165, 1.54) is 11.3 Å². The Labute approximate surface area is 119 Å². The first-order valence-corrected chi connectivity index (χ1v) is 7.59. The maximum atomic E-state index is 12.1. The van der Waals surface area contributed by atoms with Gasteiger partial charge < -0.3 is 16.4 Å². The fourth-order valence-electron chi connectivity index (χ4n) is 1.68. The summed E-state index contributed by atoms with van der Waals surface area (Å²) in [6.45, 7) is 8.19. The first-order chi connectivity index (χ1) is 8.93. The van der Waals surface area contributed by atoms with Crippen molar-refractivity contribution in [2.24, 2.45) is 0 Å². The highest BCUT2D eigenvalue weighted by Crippen LogP contribution is 2.25. The van der Waals surface area contributed by atoms with E-state index >= 15 is 0 Å². The Morgan fingerprint density at radius 2 is 2.11 bits per heavy atom. The highest BCUT2D eigenvalue weighted by atomic mass is 32.1. The Bertz CT molecular complexity index is 417. The molecule has 0 saturated carbocycles. The van der Waals surface area contributed by atoms with Gasteiger partial charge in [-0.1, -0.05) is 31.1 Å². The summed E-state index contributed by atoms with van der Waals surface area (Å²) in [5, 5.41) is 6.81. The van der Waals surface area contributed by atoms with E-state index < -0.39 is 0 Å². The van der Waals surface area contributed by atoms with Crippen LogP contribution in [0.4, 0.5) is 10.9 Å². The van der Waals surface area contributed by atoms with E-state index in [0.29, 0.717) is 15.8 Å². The molecule has 1 atom stereocenters. The van der Waals surface area contributed by atoms with E-state index in [4.69, 9.17) is 5.73 Å². The number of nitrogens with two attached hydrogens (primary N) is 1. The smallest absolute Gasteiger partial charge is 0.265 e. The van der Waals surface area contributed by atoms with Crippen molar-refractivity contribution in [2.75, 3.05) is 11.1 Å². The average molecular weight is 284 g/mol. The molecule has 0 spiro atoms. The van der Waals surface area contributed by atoms with Crippen LogP contribution in [0.1, 0.15) is 56.6 Å². The number of carbonyl (C=O) groups is 1. The standard InChI is InChI=1S/C13H24N4OS/c1-5-6-7-9(4)16-12(18)10-11(14)17-13(19-10)15-8(2)3/h8-9H,5-7,14H2,1-4H3,(H,15,17)(H,16,18). The van der Waals surface area contributed by atoms with Crippen molar-refractivity contribution < 1.29 is 4.79 Å². The van der Waals surface area contributed by atoms with Crippen LogP contribution < -0.4 is 16.4 Å². The molecule has 1 unspecified atom stereocenters. The van der Waals surface area contributed by atoms with Crippen LogP contribution in [0, 0.1) is 0 Å². The van der Waals surface area contributed by atoms with Gasteiger partial charge in [0.1, 0.15) is 10.7 Å². The zero-order chi connectivity index (χ0) is 14.4. The summed E-state index contributed by atoms with van der Waals surface area (Å²) < 4.78 is 0. The van der Waals surface area contributed by atoms with Crippen molar-refractivity contribution >= 4 is 28.2 Å². The van der Waals surface area contributed by atoms with Crippen molar-refractivity contribution in [2.45, 2.75) is 59.0 Å². The highest BCUT2D eigenvalue weighted by molar-refractivity contribution is 7.18. The van der Waals surface area contributed by atoms with E-state index in [0.717, 1.165) is 19.3 Å². The van der Waals surface area contributed by atoms with Gasteiger partial charge in [0, 0.05) is 12.1 Å². The lowest BCUT2D eigenvalue weighted by Gasteiger charge is -2.12. The lowest BCUT2D eigenvalue weighted by atomic mass is 10.1. The molecule has 1 amide bonds. The highest BCUT2D eigenvalue weighted by Gasteiger charge is 2.17. The van der Waals surface area contributed by atoms with E-state index in [9.17, 15) is 4.79 Å². The van der Waals surface area contributed by atoms with Gasteiger partial charge in [-0.3, -0.25) is 4.79 Å². The molecule has 0 aromatic carbocycles.